The molecule has 1 fully saturated rings. The number of ether oxygens (including phenoxy) is 1. The van der Waals surface area contributed by atoms with Crippen molar-refractivity contribution in [2.75, 3.05) is 36.1 Å². The van der Waals surface area contributed by atoms with E-state index in [4.69, 9.17) is 15.6 Å². The first-order chi connectivity index (χ1) is 12.5. The lowest BCUT2D eigenvalue weighted by atomic mass is 9.97. The molecule has 3 rings (SSSR count). The van der Waals surface area contributed by atoms with Crippen LogP contribution < -0.4 is 20.7 Å². The highest BCUT2D eigenvalue weighted by atomic mass is 16.5. The topological polar surface area (TPSA) is 114 Å². The Bertz CT molecular complexity index is 803. The standard InChI is InChI=1S/C18H23N5O3/c1-11-3-4-14(26-2)13(9-11)22-16-15(19)17(21-10-20-16)23-7-5-12(6-8-23)18(24)25/h3-4,9-10,12H,5-8,19H2,1-2H3,(H,24,25)(H,20,21,22). The molecule has 0 spiro atoms. The van der Waals surface area contributed by atoms with E-state index >= 15 is 0 Å². The van der Waals surface area contributed by atoms with Gasteiger partial charge in [-0.3, -0.25) is 4.79 Å². The molecule has 0 radical (unpaired) electrons. The average Bonchev–Trinajstić information content (AvgIpc) is 2.64. The highest BCUT2D eigenvalue weighted by Crippen LogP contribution is 2.34. The summed E-state index contributed by atoms with van der Waals surface area (Å²) in [6.07, 6.45) is 2.61. The third kappa shape index (κ3) is 3.63. The summed E-state index contributed by atoms with van der Waals surface area (Å²) in [7, 11) is 1.61. The summed E-state index contributed by atoms with van der Waals surface area (Å²) >= 11 is 0. The van der Waals surface area contributed by atoms with Gasteiger partial charge in [0.2, 0.25) is 0 Å². The van der Waals surface area contributed by atoms with Gasteiger partial charge >= 0.3 is 5.97 Å². The minimum atomic E-state index is -0.741. The molecular weight excluding hydrogens is 334 g/mol. The molecule has 26 heavy (non-hydrogen) atoms. The van der Waals surface area contributed by atoms with Crippen LogP contribution in [0.15, 0.2) is 24.5 Å². The number of hydrogen-bond acceptors (Lipinski definition) is 7. The van der Waals surface area contributed by atoms with Crippen LogP contribution >= 0.6 is 0 Å². The zero-order valence-corrected chi connectivity index (χ0v) is 14.9. The van der Waals surface area contributed by atoms with Crippen molar-refractivity contribution in [2.45, 2.75) is 19.8 Å². The zero-order chi connectivity index (χ0) is 18.7. The third-order valence-corrected chi connectivity index (χ3v) is 4.61. The zero-order valence-electron chi connectivity index (χ0n) is 14.9. The number of methoxy groups -OCH3 is 1. The van der Waals surface area contributed by atoms with Gasteiger partial charge in [-0.15, -0.1) is 0 Å². The molecule has 0 aliphatic carbocycles. The number of anilines is 4. The molecule has 0 amide bonds. The second-order valence-electron chi connectivity index (χ2n) is 6.39. The number of nitrogens with two attached hydrogens (primary N) is 1. The molecule has 1 aliphatic heterocycles. The normalized spacial score (nSPS) is 14.9. The molecule has 8 heteroatoms. The molecule has 138 valence electrons. The lowest BCUT2D eigenvalue weighted by molar-refractivity contribution is -0.142. The van der Waals surface area contributed by atoms with Gasteiger partial charge < -0.3 is 25.8 Å². The maximum Gasteiger partial charge on any atom is 0.306 e. The van der Waals surface area contributed by atoms with E-state index in [1.54, 1.807) is 7.11 Å². The number of aromatic nitrogens is 2. The van der Waals surface area contributed by atoms with Crippen molar-refractivity contribution in [3.63, 3.8) is 0 Å². The van der Waals surface area contributed by atoms with Crippen molar-refractivity contribution in [3.05, 3.63) is 30.1 Å². The van der Waals surface area contributed by atoms with E-state index in [2.05, 4.69) is 15.3 Å². The Balaban J connectivity index is 1.82. The summed E-state index contributed by atoms with van der Waals surface area (Å²) in [5.74, 6) is 0.771. The van der Waals surface area contributed by atoms with Crippen LogP contribution in [0, 0.1) is 12.8 Å². The van der Waals surface area contributed by atoms with Crippen LogP contribution in [-0.2, 0) is 4.79 Å². The predicted molar refractivity (Wildman–Crippen MR) is 100 cm³/mol. The second-order valence-corrected chi connectivity index (χ2v) is 6.39. The van der Waals surface area contributed by atoms with Crippen molar-refractivity contribution in [1.29, 1.82) is 0 Å². The van der Waals surface area contributed by atoms with E-state index in [-0.39, 0.29) is 5.92 Å². The van der Waals surface area contributed by atoms with E-state index in [1.807, 2.05) is 30.0 Å². The lowest BCUT2D eigenvalue weighted by Crippen LogP contribution is -2.37. The van der Waals surface area contributed by atoms with Crippen LogP contribution in [0.1, 0.15) is 18.4 Å². The van der Waals surface area contributed by atoms with Crippen molar-refractivity contribution >= 4 is 29.0 Å². The first kappa shape index (κ1) is 17.8. The number of aryl methyl sites for hydroxylation is 1. The Labute approximate surface area is 152 Å². The number of carboxylic acids is 1. The first-order valence-corrected chi connectivity index (χ1v) is 8.49. The molecule has 0 atom stereocenters. The van der Waals surface area contributed by atoms with E-state index in [9.17, 15) is 4.79 Å². The van der Waals surface area contributed by atoms with Crippen LogP contribution in [0.4, 0.5) is 23.0 Å². The van der Waals surface area contributed by atoms with Gasteiger partial charge in [0, 0.05) is 13.1 Å². The number of rotatable bonds is 5. The molecule has 1 saturated heterocycles. The number of aliphatic carboxylic acids is 1. The molecule has 1 aliphatic rings. The van der Waals surface area contributed by atoms with Gasteiger partial charge in [-0.2, -0.15) is 0 Å². The van der Waals surface area contributed by atoms with Crippen LogP contribution in [0.25, 0.3) is 0 Å². The Morgan fingerprint density at radius 2 is 2.08 bits per heavy atom. The second kappa shape index (κ2) is 7.47. The quantitative estimate of drug-likeness (QED) is 0.747. The van der Waals surface area contributed by atoms with E-state index in [1.165, 1.54) is 6.33 Å². The van der Waals surface area contributed by atoms with Crippen LogP contribution in [0.5, 0.6) is 5.75 Å². The number of benzene rings is 1. The monoisotopic (exact) mass is 357 g/mol. The summed E-state index contributed by atoms with van der Waals surface area (Å²) in [4.78, 5) is 21.7. The van der Waals surface area contributed by atoms with Crippen molar-refractivity contribution < 1.29 is 14.6 Å². The van der Waals surface area contributed by atoms with Crippen molar-refractivity contribution in [3.8, 4) is 5.75 Å². The van der Waals surface area contributed by atoms with Gasteiger partial charge in [-0.05, 0) is 37.5 Å². The van der Waals surface area contributed by atoms with Crippen LogP contribution in [0.2, 0.25) is 0 Å². The molecule has 8 nitrogen and oxygen atoms in total. The summed E-state index contributed by atoms with van der Waals surface area (Å²) < 4.78 is 5.38. The van der Waals surface area contributed by atoms with E-state index in [0.717, 1.165) is 11.3 Å². The maximum atomic E-state index is 11.1. The largest absolute Gasteiger partial charge is 0.495 e. The predicted octanol–water partition coefficient (Wildman–Crippen LogP) is 2.42. The van der Waals surface area contributed by atoms with Crippen LogP contribution in [-0.4, -0.2) is 41.2 Å². The SMILES string of the molecule is COc1ccc(C)cc1Nc1ncnc(N2CCC(C(=O)O)CC2)c1N. The number of hydrogen-bond donors (Lipinski definition) is 3. The van der Waals surface area contributed by atoms with Crippen molar-refractivity contribution in [2.24, 2.45) is 5.92 Å². The van der Waals surface area contributed by atoms with Crippen molar-refractivity contribution in [1.82, 2.24) is 9.97 Å². The highest BCUT2D eigenvalue weighted by Gasteiger charge is 2.26. The minimum Gasteiger partial charge on any atom is -0.495 e. The maximum absolute atomic E-state index is 11.1. The van der Waals surface area contributed by atoms with Gasteiger partial charge in [0.25, 0.3) is 0 Å². The Hall–Kier alpha value is -3.03. The molecular formula is C18H23N5O3. The van der Waals surface area contributed by atoms with Gasteiger partial charge in [0.1, 0.15) is 17.8 Å². The highest BCUT2D eigenvalue weighted by molar-refractivity contribution is 5.80. The number of nitrogens with zero attached hydrogens (tertiary/aromatic N) is 3. The fraction of sp³-hybridized carbons (Fsp3) is 0.389. The molecule has 0 unspecified atom stereocenters. The third-order valence-electron chi connectivity index (χ3n) is 4.61. The fourth-order valence-electron chi connectivity index (χ4n) is 3.12. The van der Waals surface area contributed by atoms with E-state index in [0.29, 0.717) is 49.0 Å². The average molecular weight is 357 g/mol. The molecule has 2 aromatic rings. The summed E-state index contributed by atoms with van der Waals surface area (Å²) in [5.41, 5.74) is 8.59. The Morgan fingerprint density at radius 3 is 2.73 bits per heavy atom. The summed E-state index contributed by atoms with van der Waals surface area (Å²) in [5, 5.41) is 12.4. The first-order valence-electron chi connectivity index (χ1n) is 8.49. The summed E-state index contributed by atoms with van der Waals surface area (Å²) in [6.45, 7) is 3.20. The molecule has 1 aromatic carbocycles. The van der Waals surface area contributed by atoms with Gasteiger partial charge in [-0.25, -0.2) is 9.97 Å². The molecule has 0 saturated carbocycles. The number of carboxylic acid groups (broad SMARTS) is 1. The Kier molecular flexibility index (Phi) is 5.11. The smallest absolute Gasteiger partial charge is 0.306 e. The number of nitrogens with one attached hydrogen (secondary N) is 1. The van der Waals surface area contributed by atoms with Gasteiger partial charge in [-0.1, -0.05) is 6.07 Å². The minimum absolute atomic E-state index is 0.302. The van der Waals surface area contributed by atoms with E-state index < -0.39 is 5.97 Å². The lowest BCUT2D eigenvalue weighted by Gasteiger charge is -2.31. The molecule has 4 N–H and O–H groups in total. The molecule has 1 aromatic heterocycles. The number of nitrogen functional groups attached to an aromatic ring is 1. The molecule has 0 bridgehead atoms. The summed E-state index contributed by atoms with van der Waals surface area (Å²) in [6, 6.07) is 5.80. The van der Waals surface area contributed by atoms with Gasteiger partial charge in [0.05, 0.1) is 18.7 Å². The fourth-order valence-corrected chi connectivity index (χ4v) is 3.12. The van der Waals surface area contributed by atoms with Gasteiger partial charge in [0.15, 0.2) is 11.6 Å². The number of carbonyl (C=O) groups is 1. The Morgan fingerprint density at radius 1 is 1.35 bits per heavy atom. The number of piperidine rings is 1. The van der Waals surface area contributed by atoms with Crippen LogP contribution in [0.3, 0.4) is 0 Å². The molecule has 2 heterocycles.